The molecule has 0 aliphatic carbocycles. The number of benzene rings is 1. The van der Waals surface area contributed by atoms with Gasteiger partial charge in [0.15, 0.2) is 0 Å². The van der Waals surface area contributed by atoms with E-state index >= 15 is 0 Å². The maximum absolute atomic E-state index is 9.03. The lowest BCUT2D eigenvalue weighted by molar-refractivity contribution is 1.20. The number of rotatable bonds is 1. The standard InChI is InChI=1S/C13H11N3/c1-9-2-3-10(8-16-9)13-5-4-12(15)6-11(13)7-14/h2-6,8H,15H2,1H3. The molecule has 1 heterocycles. The Bertz CT molecular complexity index is 550. The molecule has 0 amide bonds. The number of aryl methyl sites for hydroxylation is 1. The van der Waals surface area contributed by atoms with Gasteiger partial charge in [-0.05, 0) is 25.1 Å². The highest BCUT2D eigenvalue weighted by Crippen LogP contribution is 2.24. The molecular formula is C13H11N3. The average Bonchev–Trinajstić information content (AvgIpc) is 2.30. The van der Waals surface area contributed by atoms with Crippen molar-refractivity contribution in [3.05, 3.63) is 47.8 Å². The third-order valence-electron chi connectivity index (χ3n) is 2.39. The fraction of sp³-hybridized carbons (Fsp3) is 0.0769. The Kier molecular flexibility index (Phi) is 2.57. The summed E-state index contributed by atoms with van der Waals surface area (Å²) >= 11 is 0. The number of nitriles is 1. The van der Waals surface area contributed by atoms with Crippen molar-refractivity contribution in [1.29, 1.82) is 5.26 Å². The van der Waals surface area contributed by atoms with Gasteiger partial charge >= 0.3 is 0 Å². The van der Waals surface area contributed by atoms with Crippen LogP contribution >= 0.6 is 0 Å². The summed E-state index contributed by atoms with van der Waals surface area (Å²) in [6.45, 7) is 1.93. The molecule has 16 heavy (non-hydrogen) atoms. The average molecular weight is 209 g/mol. The van der Waals surface area contributed by atoms with Gasteiger partial charge in [-0.2, -0.15) is 5.26 Å². The van der Waals surface area contributed by atoms with Gasteiger partial charge in [0.1, 0.15) is 0 Å². The number of nitrogens with zero attached hydrogens (tertiary/aromatic N) is 2. The van der Waals surface area contributed by atoms with Crippen molar-refractivity contribution in [2.24, 2.45) is 0 Å². The van der Waals surface area contributed by atoms with Crippen LogP contribution in [0.3, 0.4) is 0 Å². The molecule has 0 aliphatic heterocycles. The predicted molar refractivity (Wildman–Crippen MR) is 63.5 cm³/mol. The molecule has 0 saturated carbocycles. The van der Waals surface area contributed by atoms with Crippen LogP contribution in [0.25, 0.3) is 11.1 Å². The highest BCUT2D eigenvalue weighted by atomic mass is 14.7. The van der Waals surface area contributed by atoms with Crippen molar-refractivity contribution in [3.8, 4) is 17.2 Å². The van der Waals surface area contributed by atoms with E-state index in [0.717, 1.165) is 16.8 Å². The third-order valence-corrected chi connectivity index (χ3v) is 2.39. The Hall–Kier alpha value is -2.34. The van der Waals surface area contributed by atoms with Crippen molar-refractivity contribution in [1.82, 2.24) is 4.98 Å². The van der Waals surface area contributed by atoms with Crippen molar-refractivity contribution in [2.75, 3.05) is 5.73 Å². The van der Waals surface area contributed by atoms with Gasteiger partial charge < -0.3 is 5.73 Å². The molecule has 1 aromatic heterocycles. The molecule has 2 aromatic rings. The number of nitrogens with two attached hydrogens (primary N) is 1. The van der Waals surface area contributed by atoms with Gasteiger partial charge in [0.2, 0.25) is 0 Å². The summed E-state index contributed by atoms with van der Waals surface area (Å²) in [6, 6.07) is 11.3. The predicted octanol–water partition coefficient (Wildman–Crippen LogP) is 2.51. The van der Waals surface area contributed by atoms with Crippen LogP contribution in [0.5, 0.6) is 0 Å². The molecule has 0 unspecified atom stereocenters. The number of hydrogen-bond acceptors (Lipinski definition) is 3. The first-order valence-electron chi connectivity index (χ1n) is 4.93. The summed E-state index contributed by atoms with van der Waals surface area (Å²) in [4.78, 5) is 4.21. The molecule has 0 atom stereocenters. The molecule has 3 heteroatoms. The molecule has 78 valence electrons. The first-order valence-corrected chi connectivity index (χ1v) is 4.93. The number of aromatic nitrogens is 1. The Morgan fingerprint density at radius 2 is 2.06 bits per heavy atom. The summed E-state index contributed by atoms with van der Waals surface area (Å²) in [7, 11) is 0. The van der Waals surface area contributed by atoms with Crippen molar-refractivity contribution >= 4 is 5.69 Å². The van der Waals surface area contributed by atoms with Gasteiger partial charge in [-0.25, -0.2) is 0 Å². The van der Waals surface area contributed by atoms with Crippen molar-refractivity contribution < 1.29 is 0 Å². The van der Waals surface area contributed by atoms with Gasteiger partial charge in [0, 0.05) is 28.7 Å². The number of nitrogen functional groups attached to an aromatic ring is 1. The second-order valence-corrected chi connectivity index (χ2v) is 3.61. The fourth-order valence-electron chi connectivity index (χ4n) is 1.53. The second kappa shape index (κ2) is 4.03. The van der Waals surface area contributed by atoms with Crippen LogP contribution in [-0.2, 0) is 0 Å². The Balaban J connectivity index is 2.56. The van der Waals surface area contributed by atoms with Crippen molar-refractivity contribution in [2.45, 2.75) is 6.92 Å². The monoisotopic (exact) mass is 209 g/mol. The first-order chi connectivity index (χ1) is 7.70. The zero-order chi connectivity index (χ0) is 11.5. The highest BCUT2D eigenvalue weighted by molar-refractivity contribution is 5.72. The Morgan fingerprint density at radius 3 is 2.69 bits per heavy atom. The molecule has 0 spiro atoms. The molecule has 0 bridgehead atoms. The number of pyridine rings is 1. The lowest BCUT2D eigenvalue weighted by Gasteiger charge is -2.05. The van der Waals surface area contributed by atoms with E-state index in [1.807, 2.05) is 25.1 Å². The zero-order valence-corrected chi connectivity index (χ0v) is 8.94. The van der Waals surface area contributed by atoms with E-state index in [4.69, 9.17) is 11.0 Å². The third kappa shape index (κ3) is 1.86. The molecule has 1 aromatic carbocycles. The van der Waals surface area contributed by atoms with Crippen LogP contribution in [0.4, 0.5) is 5.69 Å². The quantitative estimate of drug-likeness (QED) is 0.734. The minimum absolute atomic E-state index is 0.575. The lowest BCUT2D eigenvalue weighted by atomic mass is 10.0. The van der Waals surface area contributed by atoms with Gasteiger partial charge in [0.05, 0.1) is 11.6 Å². The molecule has 0 radical (unpaired) electrons. The summed E-state index contributed by atoms with van der Waals surface area (Å²) in [6.07, 6.45) is 1.77. The molecular weight excluding hydrogens is 198 g/mol. The summed E-state index contributed by atoms with van der Waals surface area (Å²) in [5, 5.41) is 9.03. The van der Waals surface area contributed by atoms with Crippen LogP contribution in [0.2, 0.25) is 0 Å². The Morgan fingerprint density at radius 1 is 1.25 bits per heavy atom. The zero-order valence-electron chi connectivity index (χ0n) is 8.94. The van der Waals surface area contributed by atoms with Crippen LogP contribution < -0.4 is 5.73 Å². The van der Waals surface area contributed by atoms with Crippen LogP contribution in [-0.4, -0.2) is 4.98 Å². The van der Waals surface area contributed by atoms with E-state index in [0.29, 0.717) is 11.3 Å². The van der Waals surface area contributed by atoms with Crippen LogP contribution in [0.1, 0.15) is 11.3 Å². The van der Waals surface area contributed by atoms with E-state index < -0.39 is 0 Å². The van der Waals surface area contributed by atoms with Gasteiger partial charge in [-0.3, -0.25) is 4.98 Å². The molecule has 0 aliphatic rings. The van der Waals surface area contributed by atoms with Gasteiger partial charge in [-0.15, -0.1) is 0 Å². The lowest BCUT2D eigenvalue weighted by Crippen LogP contribution is -1.90. The molecule has 3 nitrogen and oxygen atoms in total. The van der Waals surface area contributed by atoms with E-state index in [1.165, 1.54) is 0 Å². The summed E-state index contributed by atoms with van der Waals surface area (Å²) in [5.41, 5.74) is 9.56. The molecule has 0 saturated heterocycles. The van der Waals surface area contributed by atoms with Crippen molar-refractivity contribution in [3.63, 3.8) is 0 Å². The van der Waals surface area contributed by atoms with E-state index in [-0.39, 0.29) is 0 Å². The van der Waals surface area contributed by atoms with E-state index in [9.17, 15) is 0 Å². The number of hydrogen-bond donors (Lipinski definition) is 1. The second-order valence-electron chi connectivity index (χ2n) is 3.61. The maximum atomic E-state index is 9.03. The summed E-state index contributed by atoms with van der Waals surface area (Å²) < 4.78 is 0. The van der Waals surface area contributed by atoms with Crippen LogP contribution in [0.15, 0.2) is 36.5 Å². The van der Waals surface area contributed by atoms with Gasteiger partial charge in [-0.1, -0.05) is 12.1 Å². The smallest absolute Gasteiger partial charge is 0.0998 e. The van der Waals surface area contributed by atoms with Crippen LogP contribution in [0, 0.1) is 18.3 Å². The minimum atomic E-state index is 0.575. The minimum Gasteiger partial charge on any atom is -0.399 e. The molecule has 2 rings (SSSR count). The van der Waals surface area contributed by atoms with Gasteiger partial charge in [0.25, 0.3) is 0 Å². The first kappa shape index (κ1) is 10.2. The molecule has 0 fully saturated rings. The fourth-order valence-corrected chi connectivity index (χ4v) is 1.53. The maximum Gasteiger partial charge on any atom is 0.0998 e. The van der Waals surface area contributed by atoms with E-state index in [1.54, 1.807) is 18.3 Å². The largest absolute Gasteiger partial charge is 0.399 e. The Labute approximate surface area is 94.2 Å². The SMILES string of the molecule is Cc1ccc(-c2ccc(N)cc2C#N)cn1. The topological polar surface area (TPSA) is 62.7 Å². The summed E-state index contributed by atoms with van der Waals surface area (Å²) in [5.74, 6) is 0. The number of anilines is 1. The molecule has 2 N–H and O–H groups in total. The normalized spacial score (nSPS) is 9.75. The highest BCUT2D eigenvalue weighted by Gasteiger charge is 2.05. The van der Waals surface area contributed by atoms with E-state index in [2.05, 4.69) is 11.1 Å².